The van der Waals surface area contributed by atoms with Gasteiger partial charge in [0.05, 0.1) is 36.8 Å². The number of hydrogen-bond donors (Lipinski definition) is 2. The van der Waals surface area contributed by atoms with Gasteiger partial charge >= 0.3 is 13.4 Å². The highest BCUT2D eigenvalue weighted by atomic mass is 79.9. The van der Waals surface area contributed by atoms with Crippen LogP contribution >= 0.6 is 99.7 Å². The van der Waals surface area contributed by atoms with Gasteiger partial charge in [-0.3, -0.25) is 19.2 Å². The van der Waals surface area contributed by atoms with Gasteiger partial charge in [-0.25, -0.2) is 0 Å². The number of carbonyl (C=O) groups excluding carboxylic acids is 5. The summed E-state index contributed by atoms with van der Waals surface area (Å²) in [6, 6.07) is 0. The molecule has 0 aromatic heterocycles. The van der Waals surface area contributed by atoms with Crippen LogP contribution < -0.4 is 0 Å². The lowest BCUT2D eigenvalue weighted by Crippen LogP contribution is -2.15. The van der Waals surface area contributed by atoms with Gasteiger partial charge in [-0.1, -0.05) is 43.1 Å². The van der Waals surface area contributed by atoms with E-state index in [9.17, 15) is 24.0 Å². The van der Waals surface area contributed by atoms with Gasteiger partial charge in [0.15, 0.2) is 18.9 Å². The van der Waals surface area contributed by atoms with Crippen molar-refractivity contribution in [1.29, 1.82) is 0 Å². The summed E-state index contributed by atoms with van der Waals surface area (Å²) in [6.07, 6.45) is 0.503. The van der Waals surface area contributed by atoms with Crippen LogP contribution in [0, 0.1) is 0 Å². The number of alkyl halides is 1. The molecule has 0 bridgehead atoms. The fourth-order valence-corrected chi connectivity index (χ4v) is 3.31. The summed E-state index contributed by atoms with van der Waals surface area (Å²) in [5.41, 5.74) is 0. The summed E-state index contributed by atoms with van der Waals surface area (Å²) in [4.78, 5) is 48.1. The van der Waals surface area contributed by atoms with Gasteiger partial charge in [0.25, 0.3) is 0 Å². The van der Waals surface area contributed by atoms with Crippen molar-refractivity contribution in [3.05, 3.63) is 36.0 Å². The first-order valence-corrected chi connectivity index (χ1v) is 19.8. The average Bonchev–Trinajstić information content (AvgIpc) is 3.12. The summed E-state index contributed by atoms with van der Waals surface area (Å²) in [7, 11) is 12.3. The van der Waals surface area contributed by atoms with Crippen LogP contribution in [0.1, 0.15) is 22.7 Å². The summed E-state index contributed by atoms with van der Waals surface area (Å²) in [5.74, 6) is 1.96. The number of rotatable bonds is 18. The van der Waals surface area contributed by atoms with Crippen LogP contribution in [0.2, 0.25) is 0 Å². The predicted molar refractivity (Wildman–Crippen MR) is 234 cm³/mol. The Bertz CT molecular complexity index is 734. The number of aldehydes is 1. The number of ether oxygens (including phenoxy) is 8. The van der Waals surface area contributed by atoms with Crippen LogP contribution in [-0.4, -0.2) is 139 Å². The lowest BCUT2D eigenvalue weighted by Gasteiger charge is -2.10. The summed E-state index contributed by atoms with van der Waals surface area (Å²) in [5, 5.41) is 5.02. The number of esters is 2. The van der Waals surface area contributed by atoms with E-state index >= 15 is 0 Å². The molecule has 0 rings (SSSR count). The van der Waals surface area contributed by atoms with E-state index in [2.05, 4.69) is 93.6 Å². The van der Waals surface area contributed by atoms with E-state index in [1.807, 2.05) is 0 Å². The van der Waals surface area contributed by atoms with Crippen LogP contribution in [0.5, 0.6) is 0 Å². The first kappa shape index (κ1) is 72.9. The SMILES string of the molecule is C.C=CSCC(=O)OC.C=CSCC(OC)OC.C=CSCC=O.CC(=O)Cl.CC(=O)Cl.COC(=O)CS.COC(CBr)OC.COC(CS)OC.[H+]. The fraction of sp³-hybridized carbons (Fsp3) is 0.645. The Labute approximate surface area is 356 Å². The maximum Gasteiger partial charge on any atom is 1.00 e. The molecule has 0 saturated heterocycles. The molecule has 0 aromatic carbocycles. The third-order valence-electron chi connectivity index (χ3n) is 3.39. The molecule has 0 spiro atoms. The van der Waals surface area contributed by atoms with E-state index in [1.54, 1.807) is 70.6 Å². The maximum absolute atomic E-state index is 10.3. The van der Waals surface area contributed by atoms with E-state index in [1.165, 1.54) is 51.6 Å². The average molecular weight is 954 g/mol. The van der Waals surface area contributed by atoms with Gasteiger partial charge in [-0.05, 0) is 39.4 Å². The molecule has 0 aliphatic rings. The molecule has 0 N–H and O–H groups in total. The Morgan fingerprint density at radius 2 is 1.04 bits per heavy atom. The molecular formula is C31H62BrCl2O13S5+. The molecule has 0 radical (unpaired) electrons. The smallest absolute Gasteiger partial charge is 0.468 e. The minimum atomic E-state index is -0.361. The van der Waals surface area contributed by atoms with Gasteiger partial charge in [0.1, 0.15) is 6.29 Å². The molecule has 13 nitrogen and oxygen atoms in total. The monoisotopic (exact) mass is 951 g/mol. The molecular weight excluding hydrogens is 891 g/mol. The molecule has 0 aliphatic heterocycles. The molecule has 21 heteroatoms. The Morgan fingerprint density at radius 1 is 0.692 bits per heavy atom. The largest absolute Gasteiger partial charge is 1.00 e. The zero-order valence-electron chi connectivity index (χ0n) is 32.0. The highest BCUT2D eigenvalue weighted by Crippen LogP contribution is 2.05. The van der Waals surface area contributed by atoms with Gasteiger partial charge in [-0.2, -0.15) is 25.3 Å². The topological polar surface area (TPSA) is 159 Å². The Kier molecular flexibility index (Phi) is 101. The molecule has 0 aliphatic carbocycles. The van der Waals surface area contributed by atoms with E-state index < -0.39 is 0 Å². The number of halogens is 3. The lowest BCUT2D eigenvalue weighted by molar-refractivity contribution is -0.138. The van der Waals surface area contributed by atoms with Crippen LogP contribution in [0.25, 0.3) is 0 Å². The Balaban J connectivity index is -0.0000000502. The number of thioether (sulfide) groups is 3. The Morgan fingerprint density at radius 3 is 1.17 bits per heavy atom. The molecule has 314 valence electrons. The van der Waals surface area contributed by atoms with Gasteiger partial charge < -0.3 is 42.7 Å². The molecule has 0 amide bonds. The minimum absolute atomic E-state index is 0. The maximum atomic E-state index is 10.3. The highest BCUT2D eigenvalue weighted by molar-refractivity contribution is 9.09. The number of hydrogen-bond acceptors (Lipinski definition) is 18. The fourth-order valence-electron chi connectivity index (χ4n) is 1.20. The number of carbonyl (C=O) groups is 5. The van der Waals surface area contributed by atoms with Crippen LogP contribution in [0.3, 0.4) is 0 Å². The van der Waals surface area contributed by atoms with Gasteiger partial charge in [0, 0.05) is 68.0 Å². The van der Waals surface area contributed by atoms with Crippen molar-refractivity contribution in [3.63, 3.8) is 0 Å². The van der Waals surface area contributed by atoms with Crippen molar-refractivity contribution < 1.29 is 63.3 Å². The quantitative estimate of drug-likeness (QED) is 0.0264. The van der Waals surface area contributed by atoms with Gasteiger partial charge in [-0.15, -0.1) is 35.3 Å². The Hall–Kier alpha value is -0.260. The third-order valence-corrected chi connectivity index (χ3v) is 6.38. The second-order valence-corrected chi connectivity index (χ2v) is 12.3. The number of thiol groups is 2. The predicted octanol–water partition coefficient (Wildman–Crippen LogP) is 7.50. The molecule has 0 saturated carbocycles. The standard InChI is InChI=1S/C6H12O2S.C5H8O2S.C4H9BrO2.C4H10O2S.C4H6OS.C3H6O2S.2C2H3ClO.CH4/c1-4-9-5-6(7-2)8-3;1-3-8-4-5(6)7-2;1-6-4(3-5)7-2;1-5-4(3-7)6-2;1-2-6-4-3-5;1-5-3(4)2-6;2*1-2(3)4;/h4,6H,1,5H2,2-3H3;3H,1,4H2,2H3;4H,3H2,1-2H3;4,7H,3H2,1-2H3;2-3H,1,4H2;6H,2H2,1H3;2*1H3;1H4/p+1. The lowest BCUT2D eigenvalue weighted by atomic mass is 10.7. The molecule has 0 aromatic rings. The minimum Gasteiger partial charge on any atom is -0.468 e. The van der Waals surface area contributed by atoms with E-state index in [-0.39, 0.29) is 55.9 Å². The van der Waals surface area contributed by atoms with Crippen molar-refractivity contribution >= 4 is 128 Å². The first-order chi connectivity index (χ1) is 24.0. The van der Waals surface area contributed by atoms with Crippen molar-refractivity contribution in [3.8, 4) is 0 Å². The van der Waals surface area contributed by atoms with Crippen molar-refractivity contribution in [2.45, 2.75) is 40.1 Å². The normalized spacial score (nSPS) is 8.50. The van der Waals surface area contributed by atoms with Crippen molar-refractivity contribution in [2.75, 3.05) is 91.0 Å². The van der Waals surface area contributed by atoms with Crippen LogP contribution in [0.4, 0.5) is 0 Å². The molecule has 0 atom stereocenters. The van der Waals surface area contributed by atoms with Crippen LogP contribution in [0.15, 0.2) is 36.0 Å². The number of methoxy groups -OCH3 is 8. The van der Waals surface area contributed by atoms with Crippen LogP contribution in [-0.2, 0) is 61.9 Å². The summed E-state index contributed by atoms with van der Waals surface area (Å²) in [6.45, 7) is 13.0. The molecule has 52 heavy (non-hydrogen) atoms. The summed E-state index contributed by atoms with van der Waals surface area (Å²) >= 11 is 24.3. The summed E-state index contributed by atoms with van der Waals surface area (Å²) < 4.78 is 37.4. The molecule has 0 unspecified atom stereocenters. The van der Waals surface area contributed by atoms with Crippen molar-refractivity contribution in [1.82, 2.24) is 0 Å². The molecule has 0 heterocycles. The third kappa shape index (κ3) is 110. The van der Waals surface area contributed by atoms with E-state index in [0.717, 1.165) is 17.4 Å². The second-order valence-electron chi connectivity index (χ2n) is 6.93. The van der Waals surface area contributed by atoms with Gasteiger partial charge in [0.2, 0.25) is 10.5 Å². The van der Waals surface area contributed by atoms with E-state index in [0.29, 0.717) is 17.3 Å². The molecule has 0 fully saturated rings. The van der Waals surface area contributed by atoms with E-state index in [4.69, 9.17) is 28.4 Å². The zero-order chi connectivity index (χ0) is 41.9. The first-order valence-electron chi connectivity index (χ1n) is 13.6. The second kappa shape index (κ2) is 72.1. The highest BCUT2D eigenvalue weighted by Gasteiger charge is 2.01. The zero-order valence-corrected chi connectivity index (χ0v) is 38.3. The van der Waals surface area contributed by atoms with Crippen molar-refractivity contribution in [2.24, 2.45) is 0 Å².